The molecular formula is C18H32O2Si. The lowest BCUT2D eigenvalue weighted by molar-refractivity contribution is 0.216. The summed E-state index contributed by atoms with van der Waals surface area (Å²) < 4.78 is 6.38. The summed E-state index contributed by atoms with van der Waals surface area (Å²) >= 11 is 0. The topological polar surface area (TPSA) is 29.5 Å². The third kappa shape index (κ3) is 4.10. The molecule has 0 saturated carbocycles. The van der Waals surface area contributed by atoms with Gasteiger partial charge >= 0.3 is 0 Å². The maximum absolute atomic E-state index is 10.4. The third-order valence-corrected chi connectivity index (χ3v) is 9.21. The number of phenolic OH excluding ortho intramolecular Hbond substituents is 1. The number of rotatable bonds is 4. The normalized spacial score (nSPS) is 13.6. The van der Waals surface area contributed by atoms with Crippen molar-refractivity contribution in [3.05, 3.63) is 28.8 Å². The number of aryl methyl sites for hydroxylation is 2. The first kappa shape index (κ1) is 18.2. The molecule has 0 fully saturated rings. The first-order valence-corrected chi connectivity index (χ1v) is 10.6. The van der Waals surface area contributed by atoms with Gasteiger partial charge < -0.3 is 9.53 Å². The highest BCUT2D eigenvalue weighted by molar-refractivity contribution is 6.74. The Balaban J connectivity index is 3.03. The van der Waals surface area contributed by atoms with Crippen LogP contribution in [0.5, 0.6) is 5.75 Å². The molecule has 0 spiro atoms. The van der Waals surface area contributed by atoms with Crippen molar-refractivity contribution >= 4 is 8.32 Å². The zero-order valence-corrected chi connectivity index (χ0v) is 16.2. The summed E-state index contributed by atoms with van der Waals surface area (Å²) in [4.78, 5) is 0. The average molecular weight is 309 g/mol. The van der Waals surface area contributed by atoms with Crippen LogP contribution < -0.4 is 0 Å². The largest absolute Gasteiger partial charge is 0.508 e. The summed E-state index contributed by atoms with van der Waals surface area (Å²) in [6.45, 7) is 20.3. The molecule has 0 bridgehead atoms. The van der Waals surface area contributed by atoms with Crippen LogP contribution in [0.3, 0.4) is 0 Å². The van der Waals surface area contributed by atoms with Crippen molar-refractivity contribution < 1.29 is 9.53 Å². The fourth-order valence-electron chi connectivity index (χ4n) is 2.48. The minimum absolute atomic E-state index is 0.197. The Morgan fingerprint density at radius 2 is 1.57 bits per heavy atom. The van der Waals surface area contributed by atoms with Crippen LogP contribution in [-0.2, 0) is 9.84 Å². The molecule has 0 aliphatic carbocycles. The van der Waals surface area contributed by atoms with E-state index in [2.05, 4.69) is 60.7 Å². The maximum Gasteiger partial charge on any atom is 0.192 e. The molecule has 0 radical (unpaired) electrons. The van der Waals surface area contributed by atoms with Gasteiger partial charge in [0.2, 0.25) is 0 Å². The lowest BCUT2D eigenvalue weighted by Crippen LogP contribution is -2.44. The smallest absolute Gasteiger partial charge is 0.192 e. The molecular weight excluding hydrogens is 276 g/mol. The van der Waals surface area contributed by atoms with Crippen LogP contribution in [-0.4, -0.2) is 20.0 Å². The minimum Gasteiger partial charge on any atom is -0.508 e. The Morgan fingerprint density at radius 3 is 2.00 bits per heavy atom. The lowest BCUT2D eigenvalue weighted by Gasteiger charge is -2.39. The molecule has 1 aromatic rings. The van der Waals surface area contributed by atoms with E-state index in [0.29, 0.717) is 12.4 Å². The van der Waals surface area contributed by atoms with Crippen molar-refractivity contribution in [2.45, 2.75) is 72.0 Å². The quantitative estimate of drug-likeness (QED) is 0.764. The molecule has 0 amide bonds. The van der Waals surface area contributed by atoms with Gasteiger partial charge in [0, 0.05) is 17.6 Å². The summed E-state index contributed by atoms with van der Waals surface area (Å²) in [5.74, 6) is 0.385. The van der Waals surface area contributed by atoms with Crippen molar-refractivity contribution in [3.63, 3.8) is 0 Å². The Hall–Kier alpha value is -0.803. The number of aromatic hydroxyl groups is 1. The number of hydrogen-bond donors (Lipinski definition) is 1. The second kappa shape index (κ2) is 5.77. The van der Waals surface area contributed by atoms with Crippen LogP contribution in [0.4, 0.5) is 0 Å². The van der Waals surface area contributed by atoms with E-state index in [1.54, 1.807) is 0 Å². The summed E-state index contributed by atoms with van der Waals surface area (Å²) in [7, 11) is -1.77. The first-order chi connectivity index (χ1) is 9.28. The SMILES string of the molecule is Cc1cc(C)c(C(C)(C)CO[Si](C)(C)C(C)(C)C)c(O)c1. The van der Waals surface area contributed by atoms with E-state index >= 15 is 0 Å². The second-order valence-electron chi connectivity index (χ2n) is 8.41. The standard InChI is InChI=1S/C18H32O2Si/c1-13-10-14(2)16(15(19)11-13)18(6,7)12-20-21(8,9)17(3,4)5/h10-11,19H,12H2,1-9H3. The van der Waals surface area contributed by atoms with Gasteiger partial charge in [-0.15, -0.1) is 0 Å². The molecule has 2 nitrogen and oxygen atoms in total. The highest BCUT2D eigenvalue weighted by atomic mass is 28.4. The molecule has 3 heteroatoms. The number of phenols is 1. The zero-order chi connectivity index (χ0) is 16.6. The van der Waals surface area contributed by atoms with E-state index < -0.39 is 8.32 Å². The molecule has 0 unspecified atom stereocenters. The van der Waals surface area contributed by atoms with E-state index in [4.69, 9.17) is 4.43 Å². The molecule has 21 heavy (non-hydrogen) atoms. The van der Waals surface area contributed by atoms with Gasteiger partial charge in [0.05, 0.1) is 0 Å². The molecule has 0 atom stereocenters. The van der Waals surface area contributed by atoms with Gasteiger partial charge in [-0.05, 0) is 49.2 Å². The summed E-state index contributed by atoms with van der Waals surface area (Å²) in [5, 5.41) is 10.6. The van der Waals surface area contributed by atoms with Crippen molar-refractivity contribution in [1.29, 1.82) is 0 Å². The summed E-state index contributed by atoms with van der Waals surface area (Å²) in [5.41, 5.74) is 3.04. The fourth-order valence-corrected chi connectivity index (χ4v) is 3.63. The zero-order valence-electron chi connectivity index (χ0n) is 15.2. The third-order valence-electron chi connectivity index (χ3n) is 4.74. The van der Waals surface area contributed by atoms with Crippen LogP contribution >= 0.6 is 0 Å². The monoisotopic (exact) mass is 308 g/mol. The Kier molecular flexibility index (Phi) is 5.01. The van der Waals surface area contributed by atoms with E-state index in [0.717, 1.165) is 16.7 Å². The molecule has 0 heterocycles. The van der Waals surface area contributed by atoms with Crippen LogP contribution in [0.25, 0.3) is 0 Å². The molecule has 0 aliphatic heterocycles. The van der Waals surface area contributed by atoms with Gasteiger partial charge in [-0.3, -0.25) is 0 Å². The number of benzene rings is 1. The highest BCUT2D eigenvalue weighted by Gasteiger charge is 2.39. The second-order valence-corrected chi connectivity index (χ2v) is 13.2. The van der Waals surface area contributed by atoms with Crippen molar-refractivity contribution in [2.24, 2.45) is 0 Å². The minimum atomic E-state index is -1.77. The number of hydrogen-bond acceptors (Lipinski definition) is 2. The van der Waals surface area contributed by atoms with Crippen LogP contribution in [0.1, 0.15) is 51.3 Å². The average Bonchev–Trinajstić information content (AvgIpc) is 2.23. The molecule has 1 N–H and O–H groups in total. The van der Waals surface area contributed by atoms with Gasteiger partial charge in [-0.1, -0.05) is 40.7 Å². The van der Waals surface area contributed by atoms with Crippen LogP contribution in [0.15, 0.2) is 12.1 Å². The predicted octanol–water partition coefficient (Wildman–Crippen LogP) is 5.31. The van der Waals surface area contributed by atoms with Gasteiger partial charge in [0.1, 0.15) is 5.75 Å². The molecule has 0 aromatic heterocycles. The Morgan fingerprint density at radius 1 is 1.05 bits per heavy atom. The lowest BCUT2D eigenvalue weighted by atomic mass is 9.81. The van der Waals surface area contributed by atoms with Gasteiger partial charge in [0.15, 0.2) is 8.32 Å². The van der Waals surface area contributed by atoms with Crippen molar-refractivity contribution in [2.75, 3.05) is 6.61 Å². The molecule has 0 aliphatic rings. The Bertz CT molecular complexity index is 487. The van der Waals surface area contributed by atoms with Crippen LogP contribution in [0, 0.1) is 13.8 Å². The van der Waals surface area contributed by atoms with E-state index in [-0.39, 0.29) is 10.5 Å². The van der Waals surface area contributed by atoms with Crippen molar-refractivity contribution in [1.82, 2.24) is 0 Å². The van der Waals surface area contributed by atoms with Gasteiger partial charge in [0.25, 0.3) is 0 Å². The highest BCUT2D eigenvalue weighted by Crippen LogP contribution is 2.40. The van der Waals surface area contributed by atoms with E-state index in [1.165, 1.54) is 0 Å². The fraction of sp³-hybridized carbons (Fsp3) is 0.667. The molecule has 0 saturated heterocycles. The maximum atomic E-state index is 10.4. The van der Waals surface area contributed by atoms with E-state index in [1.807, 2.05) is 13.0 Å². The molecule has 1 rings (SSSR count). The first-order valence-electron chi connectivity index (χ1n) is 7.72. The van der Waals surface area contributed by atoms with Gasteiger partial charge in [-0.25, -0.2) is 0 Å². The summed E-state index contributed by atoms with van der Waals surface area (Å²) in [6.07, 6.45) is 0. The predicted molar refractivity (Wildman–Crippen MR) is 93.8 cm³/mol. The molecule has 120 valence electrons. The molecule has 1 aromatic carbocycles. The van der Waals surface area contributed by atoms with Gasteiger partial charge in [-0.2, -0.15) is 0 Å². The van der Waals surface area contributed by atoms with Crippen LogP contribution in [0.2, 0.25) is 18.1 Å². The van der Waals surface area contributed by atoms with Crippen molar-refractivity contribution in [3.8, 4) is 5.75 Å². The Labute approximate surface area is 131 Å². The summed E-state index contributed by atoms with van der Waals surface area (Å²) in [6, 6.07) is 3.97. The van der Waals surface area contributed by atoms with E-state index in [9.17, 15) is 5.11 Å².